The van der Waals surface area contributed by atoms with Crippen LogP contribution in [0.25, 0.3) is 11.0 Å². The summed E-state index contributed by atoms with van der Waals surface area (Å²) in [6.07, 6.45) is 0. The first kappa shape index (κ1) is 14.1. The zero-order valence-corrected chi connectivity index (χ0v) is 12.7. The highest BCUT2D eigenvalue weighted by atomic mass is 79.9. The maximum absolute atomic E-state index is 12.2. The SMILES string of the molecule is Cc1c(C(=O)NC(C)(C)CO)oc2ccc(Br)cc12. The minimum Gasteiger partial charge on any atom is -0.451 e. The summed E-state index contributed by atoms with van der Waals surface area (Å²) in [4.78, 5) is 12.2. The number of carbonyl (C=O) groups excluding carboxylic acids is 1. The van der Waals surface area contributed by atoms with Gasteiger partial charge < -0.3 is 14.8 Å². The molecule has 1 aromatic carbocycles. The highest BCUT2D eigenvalue weighted by molar-refractivity contribution is 9.10. The second-order valence-electron chi connectivity index (χ2n) is 5.19. The van der Waals surface area contributed by atoms with Crippen molar-refractivity contribution in [3.63, 3.8) is 0 Å². The molecule has 5 heteroatoms. The van der Waals surface area contributed by atoms with Gasteiger partial charge in [0.2, 0.25) is 0 Å². The number of carbonyl (C=O) groups is 1. The average Bonchev–Trinajstić information content (AvgIpc) is 2.66. The van der Waals surface area contributed by atoms with Crippen LogP contribution in [-0.4, -0.2) is 23.2 Å². The summed E-state index contributed by atoms with van der Waals surface area (Å²) < 4.78 is 6.53. The number of furan rings is 1. The molecule has 0 saturated heterocycles. The summed E-state index contributed by atoms with van der Waals surface area (Å²) in [5.74, 6) is -0.0292. The lowest BCUT2D eigenvalue weighted by atomic mass is 10.1. The topological polar surface area (TPSA) is 62.5 Å². The van der Waals surface area contributed by atoms with Gasteiger partial charge in [0.05, 0.1) is 12.1 Å². The molecule has 0 saturated carbocycles. The van der Waals surface area contributed by atoms with Crippen LogP contribution in [0, 0.1) is 6.92 Å². The molecule has 0 unspecified atom stereocenters. The number of nitrogens with one attached hydrogen (secondary N) is 1. The minimum absolute atomic E-state index is 0.135. The van der Waals surface area contributed by atoms with Crippen molar-refractivity contribution in [1.82, 2.24) is 5.32 Å². The molecule has 1 heterocycles. The Hall–Kier alpha value is -1.33. The van der Waals surface area contributed by atoms with Crippen LogP contribution in [0.3, 0.4) is 0 Å². The smallest absolute Gasteiger partial charge is 0.287 e. The molecule has 0 atom stereocenters. The van der Waals surface area contributed by atoms with Gasteiger partial charge in [-0.1, -0.05) is 15.9 Å². The van der Waals surface area contributed by atoms with Crippen molar-refractivity contribution in [2.24, 2.45) is 0 Å². The van der Waals surface area contributed by atoms with Crippen molar-refractivity contribution in [3.05, 3.63) is 34.0 Å². The second-order valence-corrected chi connectivity index (χ2v) is 6.11. The fourth-order valence-corrected chi connectivity index (χ4v) is 2.17. The first-order valence-corrected chi connectivity index (χ1v) is 6.75. The molecule has 2 aromatic rings. The number of fused-ring (bicyclic) bond motifs is 1. The van der Waals surface area contributed by atoms with E-state index < -0.39 is 5.54 Å². The predicted octanol–water partition coefficient (Wildman–Crippen LogP) is 3.00. The van der Waals surface area contributed by atoms with Crippen molar-refractivity contribution >= 4 is 32.8 Å². The fourth-order valence-electron chi connectivity index (χ4n) is 1.81. The van der Waals surface area contributed by atoms with Gasteiger partial charge in [-0.05, 0) is 39.0 Å². The van der Waals surface area contributed by atoms with Gasteiger partial charge in [-0.3, -0.25) is 4.79 Å². The third kappa shape index (κ3) is 2.82. The molecule has 2 N–H and O–H groups in total. The molecule has 0 aliphatic heterocycles. The molecule has 1 aromatic heterocycles. The fraction of sp³-hybridized carbons (Fsp3) is 0.357. The average molecular weight is 326 g/mol. The van der Waals surface area contributed by atoms with Crippen molar-refractivity contribution in [1.29, 1.82) is 0 Å². The lowest BCUT2D eigenvalue weighted by Gasteiger charge is -2.22. The summed E-state index contributed by atoms with van der Waals surface area (Å²) >= 11 is 3.40. The Kier molecular flexibility index (Phi) is 3.69. The van der Waals surface area contributed by atoms with Crippen LogP contribution in [-0.2, 0) is 0 Å². The highest BCUT2D eigenvalue weighted by Gasteiger charge is 2.24. The molecule has 0 fully saturated rings. The lowest BCUT2D eigenvalue weighted by Crippen LogP contribution is -2.46. The number of hydrogen-bond acceptors (Lipinski definition) is 3. The molecule has 1 amide bonds. The van der Waals surface area contributed by atoms with Crippen molar-refractivity contribution in [2.45, 2.75) is 26.3 Å². The molecule has 0 bridgehead atoms. The van der Waals surface area contributed by atoms with Gasteiger partial charge >= 0.3 is 0 Å². The summed E-state index contributed by atoms with van der Waals surface area (Å²) in [7, 11) is 0. The highest BCUT2D eigenvalue weighted by Crippen LogP contribution is 2.28. The number of aryl methyl sites for hydroxylation is 1. The van der Waals surface area contributed by atoms with E-state index in [9.17, 15) is 9.90 Å². The van der Waals surface area contributed by atoms with Crippen LogP contribution in [0.5, 0.6) is 0 Å². The van der Waals surface area contributed by atoms with E-state index in [2.05, 4.69) is 21.2 Å². The van der Waals surface area contributed by atoms with Crippen LogP contribution < -0.4 is 5.32 Å². The van der Waals surface area contributed by atoms with Crippen LogP contribution in [0.4, 0.5) is 0 Å². The molecule has 0 aliphatic carbocycles. The van der Waals surface area contributed by atoms with Gasteiger partial charge in [-0.2, -0.15) is 0 Å². The van der Waals surface area contributed by atoms with Crippen LogP contribution in [0.2, 0.25) is 0 Å². The second kappa shape index (κ2) is 4.98. The van der Waals surface area contributed by atoms with E-state index in [1.165, 1.54) is 0 Å². The zero-order valence-electron chi connectivity index (χ0n) is 11.1. The van der Waals surface area contributed by atoms with Crippen molar-refractivity contribution < 1.29 is 14.3 Å². The van der Waals surface area contributed by atoms with Crippen LogP contribution in [0.15, 0.2) is 27.1 Å². The van der Waals surface area contributed by atoms with Gasteiger partial charge in [0.25, 0.3) is 5.91 Å². The van der Waals surface area contributed by atoms with E-state index in [0.29, 0.717) is 5.58 Å². The summed E-state index contributed by atoms with van der Waals surface area (Å²) in [5.41, 5.74) is 0.790. The molecule has 2 rings (SSSR count). The lowest BCUT2D eigenvalue weighted by molar-refractivity contribution is 0.0842. The van der Waals surface area contributed by atoms with Gasteiger partial charge in [0.15, 0.2) is 5.76 Å². The third-order valence-electron chi connectivity index (χ3n) is 2.95. The predicted molar refractivity (Wildman–Crippen MR) is 77.3 cm³/mol. The number of amides is 1. The minimum atomic E-state index is -0.677. The largest absolute Gasteiger partial charge is 0.451 e. The van der Waals surface area contributed by atoms with E-state index in [1.54, 1.807) is 13.8 Å². The Bertz CT molecular complexity index is 631. The Morgan fingerprint density at radius 1 is 1.47 bits per heavy atom. The summed E-state index contributed by atoms with van der Waals surface area (Å²) in [5, 5.41) is 12.8. The monoisotopic (exact) mass is 325 g/mol. The first-order chi connectivity index (χ1) is 8.84. The van der Waals surface area contributed by atoms with Crippen LogP contribution in [0.1, 0.15) is 30.0 Å². The Balaban J connectivity index is 2.40. The van der Waals surface area contributed by atoms with Gasteiger partial charge in [-0.15, -0.1) is 0 Å². The van der Waals surface area contributed by atoms with Crippen molar-refractivity contribution in [3.8, 4) is 0 Å². The van der Waals surface area contributed by atoms with Crippen molar-refractivity contribution in [2.75, 3.05) is 6.61 Å². The molecule has 19 heavy (non-hydrogen) atoms. The standard InChI is InChI=1S/C14H16BrNO3/c1-8-10-6-9(15)4-5-11(10)19-12(8)13(18)16-14(2,3)7-17/h4-6,17H,7H2,1-3H3,(H,16,18). The zero-order chi connectivity index (χ0) is 14.2. The van der Waals surface area contributed by atoms with E-state index >= 15 is 0 Å². The van der Waals surface area contributed by atoms with Gasteiger partial charge in [0, 0.05) is 15.4 Å². The number of aliphatic hydroxyl groups excluding tert-OH is 1. The molecule has 102 valence electrons. The maximum atomic E-state index is 12.2. The number of hydrogen-bond donors (Lipinski definition) is 2. The first-order valence-electron chi connectivity index (χ1n) is 5.96. The number of benzene rings is 1. The van der Waals surface area contributed by atoms with Gasteiger partial charge in [0.1, 0.15) is 5.58 Å². The molecule has 0 aliphatic rings. The Morgan fingerprint density at radius 3 is 2.79 bits per heavy atom. The molecular weight excluding hydrogens is 310 g/mol. The quantitative estimate of drug-likeness (QED) is 0.911. The third-order valence-corrected chi connectivity index (χ3v) is 3.44. The Morgan fingerprint density at radius 2 is 2.16 bits per heavy atom. The summed E-state index contributed by atoms with van der Waals surface area (Å²) in [6.45, 7) is 5.21. The van der Waals surface area contributed by atoms with E-state index in [1.807, 2.05) is 25.1 Å². The van der Waals surface area contributed by atoms with E-state index in [0.717, 1.165) is 15.4 Å². The molecule has 4 nitrogen and oxygen atoms in total. The van der Waals surface area contributed by atoms with E-state index in [-0.39, 0.29) is 18.3 Å². The molecule has 0 radical (unpaired) electrons. The number of aliphatic hydroxyl groups is 1. The normalized spacial score (nSPS) is 11.8. The number of rotatable bonds is 3. The molecular formula is C14H16BrNO3. The number of halogens is 1. The maximum Gasteiger partial charge on any atom is 0.287 e. The van der Waals surface area contributed by atoms with E-state index in [4.69, 9.17) is 4.42 Å². The van der Waals surface area contributed by atoms with Crippen LogP contribution >= 0.6 is 15.9 Å². The summed E-state index contributed by atoms with van der Waals surface area (Å²) in [6, 6.07) is 5.60. The Labute approximate surface area is 119 Å². The van der Waals surface area contributed by atoms with Gasteiger partial charge in [-0.25, -0.2) is 0 Å². The molecule has 0 spiro atoms.